The number of nitrogens with zero attached hydrogens (tertiary/aromatic N) is 1. The third kappa shape index (κ3) is 3.09. The van der Waals surface area contributed by atoms with Crippen molar-refractivity contribution in [2.75, 3.05) is 0 Å². The van der Waals surface area contributed by atoms with Gasteiger partial charge in [-0.15, -0.1) is 0 Å². The van der Waals surface area contributed by atoms with Crippen molar-refractivity contribution in [1.82, 2.24) is 0 Å². The second kappa shape index (κ2) is 6.83. The van der Waals surface area contributed by atoms with Crippen LogP contribution in [0.15, 0.2) is 72.8 Å². The van der Waals surface area contributed by atoms with Crippen LogP contribution < -0.4 is 0 Å². The van der Waals surface area contributed by atoms with Crippen molar-refractivity contribution in [3.63, 3.8) is 0 Å². The lowest BCUT2D eigenvalue weighted by Gasteiger charge is -2.25. The minimum atomic E-state index is -4.83. The lowest BCUT2D eigenvalue weighted by Crippen LogP contribution is -2.16. The molecule has 1 aliphatic carbocycles. The van der Waals surface area contributed by atoms with Gasteiger partial charge in [0.15, 0.2) is 0 Å². The topological polar surface area (TPSA) is 43.1 Å². The molecule has 0 saturated heterocycles. The van der Waals surface area contributed by atoms with E-state index in [4.69, 9.17) is 0 Å². The number of allylic oxidation sites excluding steroid dienone is 1. The molecule has 0 saturated carbocycles. The molecule has 6 heteroatoms. The van der Waals surface area contributed by atoms with Gasteiger partial charge in [-0.25, -0.2) is 0 Å². The molecule has 1 aliphatic rings. The Labute approximate surface area is 171 Å². The van der Waals surface area contributed by atoms with Crippen molar-refractivity contribution in [1.29, 1.82) is 0 Å². The maximum atomic E-state index is 13.6. The normalized spacial score (nSPS) is 15.2. The van der Waals surface area contributed by atoms with Crippen molar-refractivity contribution in [2.24, 2.45) is 0 Å². The molecule has 4 rings (SSSR count). The molecule has 0 unspecified atom stereocenters. The highest BCUT2D eigenvalue weighted by atomic mass is 19.4. The van der Waals surface area contributed by atoms with Gasteiger partial charge in [0.2, 0.25) is 0 Å². The third-order valence-corrected chi connectivity index (χ3v) is 5.59. The molecule has 0 bridgehead atoms. The quantitative estimate of drug-likeness (QED) is 0.350. The number of nitro groups is 1. The van der Waals surface area contributed by atoms with Crippen molar-refractivity contribution in [3.05, 3.63) is 111 Å². The molecule has 152 valence electrons. The molecule has 30 heavy (non-hydrogen) atoms. The maximum Gasteiger partial charge on any atom is 0.423 e. The number of hydrogen-bond acceptors (Lipinski definition) is 2. The van der Waals surface area contributed by atoms with Crippen LogP contribution in [0, 0.1) is 10.1 Å². The van der Waals surface area contributed by atoms with Crippen LogP contribution in [0.3, 0.4) is 0 Å². The molecule has 0 N–H and O–H groups in total. The standard InChI is InChI=1S/C24H18F3NO2/c1-23(2)18-11-7-6-10-17(18)21(22(23)15-8-4-3-5-9-15)16-12-13-20(28(29)30)19(14-16)24(25,26)27/h3-14H,1-2H3. The summed E-state index contributed by atoms with van der Waals surface area (Å²) in [6.07, 6.45) is -4.83. The van der Waals surface area contributed by atoms with Crippen LogP contribution in [0.2, 0.25) is 0 Å². The zero-order chi connectivity index (χ0) is 21.7. The fourth-order valence-electron chi connectivity index (χ4n) is 4.32. The van der Waals surface area contributed by atoms with Crippen molar-refractivity contribution in [2.45, 2.75) is 25.4 Å². The maximum absolute atomic E-state index is 13.6. The number of rotatable bonds is 3. The van der Waals surface area contributed by atoms with E-state index in [-0.39, 0.29) is 0 Å². The van der Waals surface area contributed by atoms with Gasteiger partial charge >= 0.3 is 6.18 Å². The highest BCUT2D eigenvalue weighted by molar-refractivity contribution is 6.07. The minimum absolute atomic E-state index is 0.310. The van der Waals surface area contributed by atoms with Crippen molar-refractivity contribution >= 4 is 16.8 Å². The predicted octanol–water partition coefficient (Wildman–Crippen LogP) is 6.86. The van der Waals surface area contributed by atoms with E-state index in [2.05, 4.69) is 0 Å². The molecule has 0 fully saturated rings. The monoisotopic (exact) mass is 409 g/mol. The van der Waals surface area contributed by atoms with Gasteiger partial charge in [-0.1, -0.05) is 68.4 Å². The predicted molar refractivity (Wildman–Crippen MR) is 110 cm³/mol. The smallest absolute Gasteiger partial charge is 0.258 e. The summed E-state index contributed by atoms with van der Waals surface area (Å²) in [6.45, 7) is 4.08. The summed E-state index contributed by atoms with van der Waals surface area (Å²) in [5, 5.41) is 11.2. The van der Waals surface area contributed by atoms with E-state index in [9.17, 15) is 23.3 Å². The molecule has 3 aromatic carbocycles. The van der Waals surface area contributed by atoms with Gasteiger partial charge in [-0.05, 0) is 45.5 Å². The Morgan fingerprint density at radius 3 is 2.13 bits per heavy atom. The molecule has 3 nitrogen and oxygen atoms in total. The lowest BCUT2D eigenvalue weighted by molar-refractivity contribution is -0.388. The van der Waals surface area contributed by atoms with E-state index in [1.165, 1.54) is 6.07 Å². The molecular formula is C24H18F3NO2. The van der Waals surface area contributed by atoms with Crippen molar-refractivity contribution < 1.29 is 18.1 Å². The number of fused-ring (bicyclic) bond motifs is 1. The molecular weight excluding hydrogens is 391 g/mol. The average Bonchev–Trinajstić information content (AvgIpc) is 2.95. The average molecular weight is 409 g/mol. The van der Waals surface area contributed by atoms with E-state index in [0.29, 0.717) is 11.1 Å². The molecule has 0 spiro atoms. The van der Waals surface area contributed by atoms with Gasteiger partial charge in [-0.3, -0.25) is 10.1 Å². The second-order valence-corrected chi connectivity index (χ2v) is 7.77. The summed E-state index contributed by atoms with van der Waals surface area (Å²) in [4.78, 5) is 10.2. The highest BCUT2D eigenvalue weighted by Gasteiger charge is 2.41. The first kappa shape index (κ1) is 19.9. The van der Waals surface area contributed by atoms with E-state index >= 15 is 0 Å². The number of halogens is 3. The summed E-state index contributed by atoms with van der Waals surface area (Å²) in [7, 11) is 0. The van der Waals surface area contributed by atoms with Gasteiger partial charge in [0.1, 0.15) is 5.56 Å². The zero-order valence-electron chi connectivity index (χ0n) is 16.3. The Morgan fingerprint density at radius 1 is 0.867 bits per heavy atom. The van der Waals surface area contributed by atoms with Gasteiger partial charge in [0.05, 0.1) is 4.92 Å². The number of alkyl halides is 3. The molecule has 0 aliphatic heterocycles. The van der Waals surface area contributed by atoms with E-state index in [1.807, 2.05) is 68.4 Å². The highest BCUT2D eigenvalue weighted by Crippen LogP contribution is 2.53. The fourth-order valence-corrected chi connectivity index (χ4v) is 4.32. The van der Waals surface area contributed by atoms with Crippen LogP contribution in [0.4, 0.5) is 18.9 Å². The van der Waals surface area contributed by atoms with Crippen LogP contribution in [0.1, 0.15) is 41.7 Å². The van der Waals surface area contributed by atoms with E-state index in [1.54, 1.807) is 0 Å². The molecule has 0 aromatic heterocycles. The van der Waals surface area contributed by atoms with E-state index < -0.39 is 27.8 Å². The Hall–Kier alpha value is -3.41. The van der Waals surface area contributed by atoms with Crippen LogP contribution in [0.5, 0.6) is 0 Å². The molecule has 3 aromatic rings. The lowest BCUT2D eigenvalue weighted by atomic mass is 9.78. The number of nitro benzene ring substituents is 1. The molecule has 0 heterocycles. The number of hydrogen-bond donors (Lipinski definition) is 0. The Balaban J connectivity index is 2.07. The van der Waals surface area contributed by atoms with Gasteiger partial charge in [0, 0.05) is 11.5 Å². The first-order valence-corrected chi connectivity index (χ1v) is 9.38. The van der Waals surface area contributed by atoms with Crippen LogP contribution in [-0.2, 0) is 11.6 Å². The Kier molecular flexibility index (Phi) is 4.53. The number of benzene rings is 3. The summed E-state index contributed by atoms with van der Waals surface area (Å²) in [6, 6.07) is 20.4. The Morgan fingerprint density at radius 2 is 1.50 bits per heavy atom. The molecule has 0 atom stereocenters. The van der Waals surface area contributed by atoms with Crippen LogP contribution in [0.25, 0.3) is 11.1 Å². The van der Waals surface area contributed by atoms with Crippen molar-refractivity contribution in [3.8, 4) is 0 Å². The van der Waals surface area contributed by atoms with Crippen LogP contribution in [-0.4, -0.2) is 4.92 Å². The van der Waals surface area contributed by atoms with E-state index in [0.717, 1.165) is 34.4 Å². The van der Waals surface area contributed by atoms with Gasteiger partial charge < -0.3 is 0 Å². The zero-order valence-corrected chi connectivity index (χ0v) is 16.3. The summed E-state index contributed by atoms with van der Waals surface area (Å²) >= 11 is 0. The first-order chi connectivity index (χ1) is 14.1. The Bertz CT molecular complexity index is 1180. The summed E-state index contributed by atoms with van der Waals surface area (Å²) in [5.74, 6) is 0. The SMILES string of the molecule is CC1(C)C(c2ccccc2)=C(c2ccc([N+](=O)[O-])c(C(F)(F)F)c2)c2ccccc21. The first-order valence-electron chi connectivity index (χ1n) is 9.38. The van der Waals surface area contributed by atoms with Gasteiger partial charge in [0.25, 0.3) is 5.69 Å². The summed E-state index contributed by atoms with van der Waals surface area (Å²) < 4.78 is 40.9. The fraction of sp³-hybridized carbons (Fsp3) is 0.167. The van der Waals surface area contributed by atoms with Crippen LogP contribution >= 0.6 is 0 Å². The minimum Gasteiger partial charge on any atom is -0.258 e. The molecule has 0 radical (unpaired) electrons. The summed E-state index contributed by atoms with van der Waals surface area (Å²) in [5.41, 5.74) is 1.98. The molecule has 0 amide bonds. The largest absolute Gasteiger partial charge is 0.423 e. The second-order valence-electron chi connectivity index (χ2n) is 7.77. The van der Waals surface area contributed by atoms with Gasteiger partial charge in [-0.2, -0.15) is 13.2 Å². The third-order valence-electron chi connectivity index (χ3n) is 5.59.